The van der Waals surface area contributed by atoms with Crippen LogP contribution >= 0.6 is 0 Å². The molecule has 1 saturated heterocycles. The number of carbonyl (C=O) groups excluding carboxylic acids is 1. The fourth-order valence-electron chi connectivity index (χ4n) is 5.17. The molecule has 1 amide bonds. The minimum Gasteiger partial charge on any atom is -0.352 e. The first-order valence-electron chi connectivity index (χ1n) is 8.30. The molecule has 3 heteroatoms. The molecule has 0 aromatic heterocycles. The molecule has 2 bridgehead atoms. The largest absolute Gasteiger partial charge is 0.352 e. The second-order valence-electron chi connectivity index (χ2n) is 8.63. The van der Waals surface area contributed by atoms with Gasteiger partial charge in [0.15, 0.2) is 0 Å². The molecule has 2 saturated carbocycles. The molecule has 3 nitrogen and oxygen atoms in total. The van der Waals surface area contributed by atoms with Crippen LogP contribution in [0.5, 0.6) is 0 Å². The van der Waals surface area contributed by atoms with E-state index in [1.807, 2.05) is 0 Å². The van der Waals surface area contributed by atoms with Crippen molar-refractivity contribution < 1.29 is 4.79 Å². The van der Waals surface area contributed by atoms with Crippen molar-refractivity contribution >= 4 is 5.91 Å². The van der Waals surface area contributed by atoms with Gasteiger partial charge in [0.1, 0.15) is 0 Å². The first-order chi connectivity index (χ1) is 9.28. The smallest absolute Gasteiger partial charge is 0.226 e. The van der Waals surface area contributed by atoms with Crippen LogP contribution in [0.1, 0.15) is 59.8 Å². The van der Waals surface area contributed by atoms with Crippen LogP contribution in [0.4, 0.5) is 0 Å². The van der Waals surface area contributed by atoms with Crippen molar-refractivity contribution in [1.29, 1.82) is 0 Å². The Morgan fingerprint density at radius 3 is 2.30 bits per heavy atom. The van der Waals surface area contributed by atoms with Crippen molar-refractivity contribution in [3.63, 3.8) is 0 Å². The number of nitrogens with one attached hydrogen (secondary N) is 2. The Kier molecular flexibility index (Phi) is 3.20. The first kappa shape index (κ1) is 14.4. The zero-order chi connectivity index (χ0) is 14.6. The van der Waals surface area contributed by atoms with E-state index in [-0.39, 0.29) is 10.8 Å². The second-order valence-corrected chi connectivity index (χ2v) is 8.63. The quantitative estimate of drug-likeness (QED) is 0.815. The normalized spacial score (nSPS) is 41.6. The summed E-state index contributed by atoms with van der Waals surface area (Å²) in [5.41, 5.74) is 0.415. The average Bonchev–Trinajstić information content (AvgIpc) is 2.86. The van der Waals surface area contributed by atoms with E-state index in [0.717, 1.165) is 31.8 Å². The highest BCUT2D eigenvalue weighted by Crippen LogP contribution is 2.62. The highest BCUT2D eigenvalue weighted by molar-refractivity contribution is 5.83. The van der Waals surface area contributed by atoms with E-state index >= 15 is 0 Å². The van der Waals surface area contributed by atoms with Crippen LogP contribution in [-0.2, 0) is 4.79 Å². The summed E-state index contributed by atoms with van der Waals surface area (Å²) in [4.78, 5) is 12.8. The predicted molar refractivity (Wildman–Crippen MR) is 81.4 cm³/mol. The molecule has 0 aromatic rings. The number of hydrogen-bond donors (Lipinski definition) is 2. The van der Waals surface area contributed by atoms with Gasteiger partial charge in [0.05, 0.1) is 0 Å². The molecule has 3 rings (SSSR count). The van der Waals surface area contributed by atoms with Gasteiger partial charge in [-0.05, 0) is 61.9 Å². The van der Waals surface area contributed by atoms with Crippen molar-refractivity contribution in [1.82, 2.24) is 10.6 Å². The lowest BCUT2D eigenvalue weighted by Crippen LogP contribution is -2.56. The lowest BCUT2D eigenvalue weighted by Gasteiger charge is -2.45. The summed E-state index contributed by atoms with van der Waals surface area (Å²) >= 11 is 0. The van der Waals surface area contributed by atoms with Crippen LogP contribution in [-0.4, -0.2) is 25.0 Å². The van der Waals surface area contributed by atoms with Crippen molar-refractivity contribution in [2.24, 2.45) is 22.2 Å². The Bertz CT molecular complexity index is 406. The summed E-state index contributed by atoms with van der Waals surface area (Å²) in [6.07, 6.45) is 5.85. The summed E-state index contributed by atoms with van der Waals surface area (Å²) in [6, 6.07) is 0.355. The van der Waals surface area contributed by atoms with Gasteiger partial charge in [-0.15, -0.1) is 0 Å². The van der Waals surface area contributed by atoms with Gasteiger partial charge < -0.3 is 10.6 Å². The van der Waals surface area contributed by atoms with Gasteiger partial charge in [0, 0.05) is 11.5 Å². The van der Waals surface area contributed by atoms with Gasteiger partial charge in [0.25, 0.3) is 0 Å². The third kappa shape index (κ3) is 2.01. The summed E-state index contributed by atoms with van der Waals surface area (Å²) in [6.45, 7) is 11.2. The second kappa shape index (κ2) is 4.46. The van der Waals surface area contributed by atoms with E-state index in [0.29, 0.717) is 17.4 Å². The van der Waals surface area contributed by atoms with Crippen LogP contribution in [0.15, 0.2) is 0 Å². The van der Waals surface area contributed by atoms with Crippen molar-refractivity contribution in [3.05, 3.63) is 0 Å². The first-order valence-corrected chi connectivity index (χ1v) is 8.30. The lowest BCUT2D eigenvalue weighted by molar-refractivity contribution is -0.134. The zero-order valence-electron chi connectivity index (χ0n) is 13.5. The Morgan fingerprint density at radius 2 is 1.75 bits per heavy atom. The standard InChI is InChI=1S/C17H30N2O/c1-15(2)12-5-6-17(4,11-12)13(15)19-14(20)16(3)7-9-18-10-8-16/h12-13,18H,5-11H2,1-4H3,(H,19,20). The highest BCUT2D eigenvalue weighted by Gasteiger charge is 2.60. The van der Waals surface area contributed by atoms with Gasteiger partial charge in [-0.1, -0.05) is 27.7 Å². The number of piperidine rings is 1. The van der Waals surface area contributed by atoms with Gasteiger partial charge in [-0.25, -0.2) is 0 Å². The van der Waals surface area contributed by atoms with Crippen LogP contribution in [0.2, 0.25) is 0 Å². The molecule has 20 heavy (non-hydrogen) atoms. The maximum Gasteiger partial charge on any atom is 0.226 e. The SMILES string of the molecule is CC1(C(=O)NC2C3(C)CCC(C3)C2(C)C)CCNCC1. The number of amides is 1. The summed E-state index contributed by atoms with van der Waals surface area (Å²) in [5.74, 6) is 1.09. The van der Waals surface area contributed by atoms with E-state index < -0.39 is 0 Å². The summed E-state index contributed by atoms with van der Waals surface area (Å²) < 4.78 is 0. The maximum absolute atomic E-state index is 12.8. The molecule has 3 fully saturated rings. The highest BCUT2D eigenvalue weighted by atomic mass is 16.2. The Labute approximate surface area is 123 Å². The van der Waals surface area contributed by atoms with Crippen LogP contribution in [0.25, 0.3) is 0 Å². The molecule has 0 aromatic carbocycles. The van der Waals surface area contributed by atoms with E-state index in [9.17, 15) is 4.79 Å². The molecule has 2 aliphatic carbocycles. The van der Waals surface area contributed by atoms with Gasteiger partial charge in [-0.3, -0.25) is 4.79 Å². The molecule has 114 valence electrons. The minimum atomic E-state index is -0.167. The molecule has 3 unspecified atom stereocenters. The Hall–Kier alpha value is -0.570. The monoisotopic (exact) mass is 278 g/mol. The van der Waals surface area contributed by atoms with Gasteiger partial charge >= 0.3 is 0 Å². The zero-order valence-corrected chi connectivity index (χ0v) is 13.5. The van der Waals surface area contributed by atoms with E-state index in [1.54, 1.807) is 0 Å². The fourth-order valence-corrected chi connectivity index (χ4v) is 5.17. The Balaban J connectivity index is 1.75. The molecule has 3 aliphatic rings. The molecule has 1 heterocycles. The fraction of sp³-hybridized carbons (Fsp3) is 0.941. The predicted octanol–water partition coefficient (Wildman–Crippen LogP) is 2.71. The van der Waals surface area contributed by atoms with E-state index in [4.69, 9.17) is 0 Å². The lowest BCUT2D eigenvalue weighted by atomic mass is 9.68. The van der Waals surface area contributed by atoms with E-state index in [2.05, 4.69) is 38.3 Å². The molecule has 3 atom stereocenters. The van der Waals surface area contributed by atoms with Crippen molar-refractivity contribution in [3.8, 4) is 0 Å². The minimum absolute atomic E-state index is 0.167. The molecular weight excluding hydrogens is 248 g/mol. The maximum atomic E-state index is 12.8. The van der Waals surface area contributed by atoms with Crippen molar-refractivity contribution in [2.75, 3.05) is 13.1 Å². The van der Waals surface area contributed by atoms with Gasteiger partial charge in [-0.2, -0.15) is 0 Å². The summed E-state index contributed by atoms with van der Waals surface area (Å²) in [7, 11) is 0. The van der Waals surface area contributed by atoms with Crippen LogP contribution in [0.3, 0.4) is 0 Å². The topological polar surface area (TPSA) is 41.1 Å². The molecule has 2 N–H and O–H groups in total. The molecule has 0 radical (unpaired) electrons. The van der Waals surface area contributed by atoms with Crippen LogP contribution < -0.4 is 10.6 Å². The van der Waals surface area contributed by atoms with Gasteiger partial charge in [0.2, 0.25) is 5.91 Å². The average molecular weight is 278 g/mol. The number of fused-ring (bicyclic) bond motifs is 2. The molecular formula is C17H30N2O. The van der Waals surface area contributed by atoms with Crippen molar-refractivity contribution in [2.45, 2.75) is 65.8 Å². The summed E-state index contributed by atoms with van der Waals surface area (Å²) in [5, 5.41) is 6.84. The van der Waals surface area contributed by atoms with Crippen LogP contribution in [0, 0.1) is 22.2 Å². The Morgan fingerprint density at radius 1 is 1.10 bits per heavy atom. The third-order valence-corrected chi connectivity index (χ3v) is 6.80. The number of carbonyl (C=O) groups is 1. The molecule has 0 spiro atoms. The van der Waals surface area contributed by atoms with E-state index in [1.165, 1.54) is 19.3 Å². The molecule has 1 aliphatic heterocycles. The number of hydrogen-bond acceptors (Lipinski definition) is 2. The third-order valence-electron chi connectivity index (χ3n) is 6.80. The number of rotatable bonds is 2.